The van der Waals surface area contributed by atoms with Crippen molar-refractivity contribution in [3.63, 3.8) is 0 Å². The number of aromatic carboxylic acids is 1. The van der Waals surface area contributed by atoms with Gasteiger partial charge in [0.2, 0.25) is 0 Å². The Kier molecular flexibility index (Phi) is 3.89. The van der Waals surface area contributed by atoms with E-state index in [1.807, 2.05) is 0 Å². The summed E-state index contributed by atoms with van der Waals surface area (Å²) in [5.41, 5.74) is 0.377. The summed E-state index contributed by atoms with van der Waals surface area (Å²) < 4.78 is 0.562. The van der Waals surface area contributed by atoms with Crippen LogP contribution in [0.25, 0.3) is 0 Å². The van der Waals surface area contributed by atoms with E-state index in [4.69, 9.17) is 0 Å². The van der Waals surface area contributed by atoms with Crippen LogP contribution in [0.4, 0.5) is 10.5 Å². The zero-order valence-electron chi connectivity index (χ0n) is 11.4. The van der Waals surface area contributed by atoms with Gasteiger partial charge in [-0.15, -0.1) is 0 Å². The molecule has 2 amide bonds. The summed E-state index contributed by atoms with van der Waals surface area (Å²) in [6, 6.07) is 4.73. The molecule has 3 rings (SSSR count). The van der Waals surface area contributed by atoms with Crippen molar-refractivity contribution >= 4 is 33.6 Å². The topological polar surface area (TPSA) is 78.4 Å². The molecule has 2 aliphatic carbocycles. The summed E-state index contributed by atoms with van der Waals surface area (Å²) >= 11 is 3.29. The summed E-state index contributed by atoms with van der Waals surface area (Å²) in [7, 11) is 0. The van der Waals surface area contributed by atoms with Gasteiger partial charge < -0.3 is 15.7 Å². The van der Waals surface area contributed by atoms with Gasteiger partial charge in [-0.25, -0.2) is 9.59 Å². The van der Waals surface area contributed by atoms with Crippen molar-refractivity contribution in [2.24, 2.45) is 11.8 Å². The number of rotatable bonds is 5. The van der Waals surface area contributed by atoms with Gasteiger partial charge in [-0.05, 0) is 65.6 Å². The lowest BCUT2D eigenvalue weighted by Gasteiger charge is -2.19. The fourth-order valence-corrected chi connectivity index (χ4v) is 3.13. The number of hydrogen-bond donors (Lipinski definition) is 3. The predicted molar refractivity (Wildman–Crippen MR) is 82.5 cm³/mol. The number of nitrogens with one attached hydrogen (secondary N) is 2. The lowest BCUT2D eigenvalue weighted by molar-refractivity contribution is 0.0698. The first-order chi connectivity index (χ1) is 10.1. The molecule has 0 spiro atoms. The Morgan fingerprint density at radius 1 is 1.19 bits per heavy atom. The van der Waals surface area contributed by atoms with Crippen molar-refractivity contribution < 1.29 is 14.7 Å². The Hall–Kier alpha value is -1.56. The van der Waals surface area contributed by atoms with Crippen LogP contribution < -0.4 is 10.6 Å². The second-order valence-corrected chi connectivity index (χ2v) is 6.62. The van der Waals surface area contributed by atoms with Gasteiger partial charge in [0.1, 0.15) is 0 Å². The molecule has 0 saturated heterocycles. The van der Waals surface area contributed by atoms with Gasteiger partial charge in [0.05, 0.1) is 11.3 Å². The lowest BCUT2D eigenvalue weighted by Crippen LogP contribution is -2.41. The van der Waals surface area contributed by atoms with Crippen LogP contribution in [0.1, 0.15) is 36.0 Å². The van der Waals surface area contributed by atoms with Crippen molar-refractivity contribution in [1.82, 2.24) is 5.32 Å². The molecule has 0 bridgehead atoms. The van der Waals surface area contributed by atoms with E-state index in [0.717, 1.165) is 0 Å². The molecule has 21 heavy (non-hydrogen) atoms. The first-order valence-corrected chi connectivity index (χ1v) is 7.95. The van der Waals surface area contributed by atoms with Crippen LogP contribution in [0, 0.1) is 11.8 Å². The molecule has 1 aromatic carbocycles. The fraction of sp³-hybridized carbons (Fsp3) is 0.467. The van der Waals surface area contributed by atoms with Crippen LogP contribution in [0.15, 0.2) is 22.7 Å². The second-order valence-electron chi connectivity index (χ2n) is 5.77. The number of carboxylic acid groups (broad SMARTS) is 1. The maximum Gasteiger partial charge on any atom is 0.337 e. The molecule has 3 N–H and O–H groups in total. The van der Waals surface area contributed by atoms with Gasteiger partial charge in [0.15, 0.2) is 0 Å². The van der Waals surface area contributed by atoms with Gasteiger partial charge in [-0.2, -0.15) is 0 Å². The van der Waals surface area contributed by atoms with Crippen LogP contribution in [0.3, 0.4) is 0 Å². The minimum absolute atomic E-state index is 0.0777. The minimum Gasteiger partial charge on any atom is -0.478 e. The molecule has 5 nitrogen and oxygen atoms in total. The highest BCUT2D eigenvalue weighted by Gasteiger charge is 2.42. The Morgan fingerprint density at radius 2 is 1.81 bits per heavy atom. The van der Waals surface area contributed by atoms with E-state index in [1.54, 1.807) is 12.1 Å². The van der Waals surface area contributed by atoms with E-state index < -0.39 is 5.97 Å². The molecule has 2 fully saturated rings. The highest BCUT2D eigenvalue weighted by molar-refractivity contribution is 9.10. The van der Waals surface area contributed by atoms with Crippen molar-refractivity contribution in [3.8, 4) is 0 Å². The molecule has 0 atom stereocenters. The molecule has 2 aliphatic rings. The lowest BCUT2D eigenvalue weighted by atomic mass is 10.1. The number of carbonyl (C=O) groups is 2. The molecule has 0 aromatic heterocycles. The fourth-order valence-electron chi connectivity index (χ4n) is 2.66. The molecule has 112 valence electrons. The molecule has 0 radical (unpaired) electrons. The third kappa shape index (κ3) is 3.37. The van der Waals surface area contributed by atoms with Crippen LogP contribution in [-0.4, -0.2) is 23.1 Å². The van der Waals surface area contributed by atoms with Crippen LogP contribution >= 0.6 is 15.9 Å². The normalized spacial score (nSPS) is 17.6. The molecule has 2 saturated carbocycles. The molecule has 1 aromatic rings. The second kappa shape index (κ2) is 5.67. The van der Waals surface area contributed by atoms with Crippen LogP contribution in [-0.2, 0) is 0 Å². The van der Waals surface area contributed by atoms with Gasteiger partial charge in [-0.1, -0.05) is 6.07 Å². The maximum absolute atomic E-state index is 12.2. The number of anilines is 1. The Balaban J connectivity index is 1.70. The SMILES string of the molecule is O=C(Nc1c(Br)cccc1C(=O)O)NC(C1CC1)C1CC1. The van der Waals surface area contributed by atoms with E-state index in [2.05, 4.69) is 26.6 Å². The first kappa shape index (κ1) is 14.4. The predicted octanol–water partition coefficient (Wildman–Crippen LogP) is 3.46. The van der Waals surface area contributed by atoms with E-state index in [1.165, 1.54) is 31.7 Å². The Morgan fingerprint density at radius 3 is 2.33 bits per heavy atom. The highest BCUT2D eigenvalue weighted by Crippen LogP contribution is 2.44. The Labute approximate surface area is 131 Å². The number of benzene rings is 1. The number of carboxylic acids is 1. The van der Waals surface area contributed by atoms with Crippen LogP contribution in [0.5, 0.6) is 0 Å². The summed E-state index contributed by atoms with van der Waals surface area (Å²) in [4.78, 5) is 23.4. The Bertz CT molecular complexity index is 570. The van der Waals surface area contributed by atoms with Gasteiger partial charge in [-0.3, -0.25) is 0 Å². The summed E-state index contributed by atoms with van der Waals surface area (Å²) in [5.74, 6) is 0.135. The summed E-state index contributed by atoms with van der Waals surface area (Å²) in [6.45, 7) is 0. The molecule has 6 heteroatoms. The summed E-state index contributed by atoms with van der Waals surface area (Å²) in [5, 5.41) is 14.9. The van der Waals surface area contributed by atoms with Crippen molar-refractivity contribution in [3.05, 3.63) is 28.2 Å². The van der Waals surface area contributed by atoms with E-state index in [0.29, 0.717) is 22.0 Å². The number of hydrogen-bond acceptors (Lipinski definition) is 2. The monoisotopic (exact) mass is 352 g/mol. The van der Waals surface area contributed by atoms with Crippen molar-refractivity contribution in [2.75, 3.05) is 5.32 Å². The largest absolute Gasteiger partial charge is 0.478 e. The standard InChI is InChI=1S/C15H17BrN2O3/c16-11-3-1-2-10(14(19)20)13(11)18-15(21)17-12(8-4-5-8)9-6-7-9/h1-3,8-9,12H,4-7H2,(H,19,20)(H2,17,18,21). The van der Waals surface area contributed by atoms with Gasteiger partial charge in [0.25, 0.3) is 0 Å². The number of urea groups is 1. The van der Waals surface area contributed by atoms with E-state index >= 15 is 0 Å². The third-order valence-electron chi connectivity index (χ3n) is 4.04. The van der Waals surface area contributed by atoms with Gasteiger partial charge >= 0.3 is 12.0 Å². The van der Waals surface area contributed by atoms with Crippen molar-refractivity contribution in [1.29, 1.82) is 0 Å². The molecule has 0 unspecified atom stereocenters. The molecule has 0 heterocycles. The zero-order valence-corrected chi connectivity index (χ0v) is 13.0. The minimum atomic E-state index is -1.06. The van der Waals surface area contributed by atoms with Crippen molar-refractivity contribution in [2.45, 2.75) is 31.7 Å². The first-order valence-electron chi connectivity index (χ1n) is 7.15. The smallest absolute Gasteiger partial charge is 0.337 e. The average Bonchev–Trinajstić information content (AvgIpc) is 3.30. The highest BCUT2D eigenvalue weighted by atomic mass is 79.9. The third-order valence-corrected chi connectivity index (χ3v) is 4.70. The van der Waals surface area contributed by atoms with E-state index in [-0.39, 0.29) is 17.6 Å². The van der Waals surface area contributed by atoms with Gasteiger partial charge in [0, 0.05) is 10.5 Å². The number of para-hydroxylation sites is 1. The number of amides is 2. The quantitative estimate of drug-likeness (QED) is 0.759. The molecule has 0 aliphatic heterocycles. The molecular weight excluding hydrogens is 336 g/mol. The zero-order chi connectivity index (χ0) is 15.0. The summed E-state index contributed by atoms with van der Waals surface area (Å²) in [6.07, 6.45) is 4.71. The average molecular weight is 353 g/mol. The molecular formula is C15H17BrN2O3. The van der Waals surface area contributed by atoms with E-state index in [9.17, 15) is 14.7 Å². The number of carbonyl (C=O) groups excluding carboxylic acids is 1. The van der Waals surface area contributed by atoms with Crippen LogP contribution in [0.2, 0.25) is 0 Å². The maximum atomic E-state index is 12.2. The number of halogens is 1.